The molecular formula is C21H23FeNO+2. The van der Waals surface area contributed by atoms with E-state index in [4.69, 9.17) is 4.74 Å². The van der Waals surface area contributed by atoms with Crippen LogP contribution in [-0.2, 0) is 21.8 Å². The third-order valence-corrected chi connectivity index (χ3v) is 4.20. The predicted molar refractivity (Wildman–Crippen MR) is 93.2 cm³/mol. The van der Waals surface area contributed by atoms with Gasteiger partial charge < -0.3 is 4.74 Å². The van der Waals surface area contributed by atoms with Crippen LogP contribution < -0.4 is 0 Å². The molecule has 1 saturated heterocycles. The minimum absolute atomic E-state index is 0. The summed E-state index contributed by atoms with van der Waals surface area (Å²) in [4.78, 5) is 2.42. The SMILES string of the molecule is C[C@H]1OC[C@@H](c2ccccc2)N1C[C]1[CH][CH][CH][CH]1.[CH]1[CH][CH][CH][CH]1.[Fe+2]. The summed E-state index contributed by atoms with van der Waals surface area (Å²) in [6.07, 6.45) is 18.7. The smallest absolute Gasteiger partial charge is 0.361 e. The first kappa shape index (κ1) is 20.0. The van der Waals surface area contributed by atoms with E-state index < -0.39 is 0 Å². The summed E-state index contributed by atoms with van der Waals surface area (Å²) in [5.41, 5.74) is 1.34. The van der Waals surface area contributed by atoms with E-state index in [1.54, 1.807) is 0 Å². The van der Waals surface area contributed by atoms with Gasteiger partial charge >= 0.3 is 17.1 Å². The number of benzene rings is 1. The molecule has 1 aromatic rings. The molecule has 2 saturated carbocycles. The van der Waals surface area contributed by atoms with Crippen LogP contribution >= 0.6 is 0 Å². The average molecular weight is 361 g/mol. The van der Waals surface area contributed by atoms with E-state index in [-0.39, 0.29) is 23.3 Å². The summed E-state index contributed by atoms with van der Waals surface area (Å²) < 4.78 is 5.81. The van der Waals surface area contributed by atoms with E-state index >= 15 is 0 Å². The fourth-order valence-electron chi connectivity index (χ4n) is 2.93. The zero-order valence-corrected chi connectivity index (χ0v) is 15.0. The first-order chi connectivity index (χ1) is 11.3. The van der Waals surface area contributed by atoms with Crippen molar-refractivity contribution < 1.29 is 21.8 Å². The van der Waals surface area contributed by atoms with Crippen LogP contribution in [0.25, 0.3) is 0 Å². The van der Waals surface area contributed by atoms with Crippen molar-refractivity contribution in [1.29, 1.82) is 0 Å². The Bertz CT molecular complexity index is 435. The van der Waals surface area contributed by atoms with Gasteiger partial charge in [0, 0.05) is 6.54 Å². The van der Waals surface area contributed by atoms with E-state index in [1.165, 1.54) is 11.5 Å². The molecular weight excluding hydrogens is 338 g/mol. The molecule has 10 radical (unpaired) electrons. The maximum absolute atomic E-state index is 5.81. The van der Waals surface area contributed by atoms with Crippen molar-refractivity contribution in [2.24, 2.45) is 0 Å². The van der Waals surface area contributed by atoms with Gasteiger partial charge in [-0.15, -0.1) is 0 Å². The number of nitrogens with zero attached hydrogens (tertiary/aromatic N) is 1. The topological polar surface area (TPSA) is 12.5 Å². The Balaban J connectivity index is 0.000000300. The first-order valence-corrected chi connectivity index (χ1v) is 8.14. The van der Waals surface area contributed by atoms with Gasteiger partial charge in [0.15, 0.2) is 0 Å². The fourth-order valence-corrected chi connectivity index (χ4v) is 2.93. The molecule has 2 atom stereocenters. The van der Waals surface area contributed by atoms with Gasteiger partial charge in [-0.2, -0.15) is 0 Å². The molecule has 3 aliphatic rings. The molecule has 0 aromatic heterocycles. The molecule has 1 aliphatic heterocycles. The van der Waals surface area contributed by atoms with E-state index in [9.17, 15) is 0 Å². The molecule has 2 nitrogen and oxygen atoms in total. The van der Waals surface area contributed by atoms with Crippen molar-refractivity contribution in [3.63, 3.8) is 0 Å². The molecule has 3 heteroatoms. The van der Waals surface area contributed by atoms with Gasteiger partial charge in [-0.25, -0.2) is 0 Å². The van der Waals surface area contributed by atoms with Crippen LogP contribution in [0.4, 0.5) is 0 Å². The Hall–Kier alpha value is -0.341. The number of ether oxygens (including phenoxy) is 1. The van der Waals surface area contributed by atoms with Crippen molar-refractivity contribution >= 4 is 0 Å². The third-order valence-electron chi connectivity index (χ3n) is 4.20. The second-order valence-electron chi connectivity index (χ2n) is 5.79. The van der Waals surface area contributed by atoms with E-state index in [1.807, 2.05) is 32.1 Å². The second kappa shape index (κ2) is 10.6. The van der Waals surface area contributed by atoms with Crippen LogP contribution in [0.15, 0.2) is 30.3 Å². The van der Waals surface area contributed by atoms with E-state index in [2.05, 4.69) is 67.8 Å². The van der Waals surface area contributed by atoms with Gasteiger partial charge in [0.1, 0.15) is 6.23 Å². The molecule has 0 amide bonds. The van der Waals surface area contributed by atoms with Crippen LogP contribution in [0.5, 0.6) is 0 Å². The maximum atomic E-state index is 5.81. The molecule has 3 fully saturated rings. The second-order valence-corrected chi connectivity index (χ2v) is 5.79. The fraction of sp³-hybridized carbons (Fsp3) is 0.238. The molecule has 124 valence electrons. The monoisotopic (exact) mass is 361 g/mol. The molecule has 0 bridgehead atoms. The minimum atomic E-state index is 0. The Kier molecular flexibility index (Phi) is 8.83. The quantitative estimate of drug-likeness (QED) is 0.759. The van der Waals surface area contributed by atoms with Crippen LogP contribution in [0.3, 0.4) is 0 Å². The van der Waals surface area contributed by atoms with E-state index in [0.29, 0.717) is 6.04 Å². The summed E-state index contributed by atoms with van der Waals surface area (Å²) in [6.45, 7) is 3.87. The summed E-state index contributed by atoms with van der Waals surface area (Å²) in [7, 11) is 0. The van der Waals surface area contributed by atoms with Gasteiger partial charge in [-0.1, -0.05) is 30.3 Å². The van der Waals surface area contributed by atoms with Crippen LogP contribution in [0.1, 0.15) is 18.5 Å². The normalized spacial score (nSPS) is 27.5. The van der Waals surface area contributed by atoms with Crippen molar-refractivity contribution in [2.75, 3.05) is 13.2 Å². The molecule has 0 unspecified atom stereocenters. The molecule has 1 heterocycles. The molecule has 0 N–H and O–H groups in total. The maximum Gasteiger partial charge on any atom is 2.00 e. The van der Waals surface area contributed by atoms with Gasteiger partial charge in [0.2, 0.25) is 0 Å². The van der Waals surface area contributed by atoms with E-state index in [0.717, 1.165) is 13.2 Å². The van der Waals surface area contributed by atoms with Crippen LogP contribution in [0, 0.1) is 63.7 Å². The Morgan fingerprint density at radius 2 is 1.50 bits per heavy atom. The van der Waals surface area contributed by atoms with Gasteiger partial charge in [0.05, 0.1) is 12.6 Å². The molecule has 2 aliphatic carbocycles. The predicted octanol–water partition coefficient (Wildman–Crippen LogP) is 3.83. The summed E-state index contributed by atoms with van der Waals surface area (Å²) >= 11 is 0. The van der Waals surface area contributed by atoms with Gasteiger partial charge in [-0.05, 0) is 76.2 Å². The van der Waals surface area contributed by atoms with Crippen LogP contribution in [-0.4, -0.2) is 24.3 Å². The molecule has 1 aromatic carbocycles. The van der Waals surface area contributed by atoms with Crippen molar-refractivity contribution in [3.8, 4) is 0 Å². The number of rotatable bonds is 3. The van der Waals surface area contributed by atoms with Gasteiger partial charge in [0.25, 0.3) is 0 Å². The zero-order chi connectivity index (χ0) is 15.9. The largest absolute Gasteiger partial charge is 2.00 e. The summed E-state index contributed by atoms with van der Waals surface area (Å²) in [5, 5.41) is 0. The zero-order valence-electron chi connectivity index (χ0n) is 13.9. The third kappa shape index (κ3) is 5.59. The first-order valence-electron chi connectivity index (χ1n) is 8.14. The Morgan fingerprint density at radius 3 is 2.08 bits per heavy atom. The summed E-state index contributed by atoms with van der Waals surface area (Å²) in [5.74, 6) is 1.35. The summed E-state index contributed by atoms with van der Waals surface area (Å²) in [6, 6.07) is 11.0. The average Bonchev–Trinajstić information content (AvgIpc) is 3.34. The van der Waals surface area contributed by atoms with Crippen molar-refractivity contribution in [2.45, 2.75) is 19.2 Å². The van der Waals surface area contributed by atoms with Gasteiger partial charge in [-0.3, -0.25) is 4.90 Å². The number of hydrogen-bond acceptors (Lipinski definition) is 2. The minimum Gasteiger partial charge on any atom is -0.361 e. The molecule has 0 spiro atoms. The Morgan fingerprint density at radius 1 is 0.917 bits per heavy atom. The molecule has 24 heavy (non-hydrogen) atoms. The standard InChI is InChI=1S/C16H18NO.C5H5.Fe/c1-13-17(11-14-7-5-6-8-14)16(12-18-13)15-9-3-2-4-10-15;1-2-4-5-3-1;/h2-10,13,16H,11-12H2,1H3;1-5H;/q;;+2/t13-,16+;;/m1../s1. The number of hydrogen-bond donors (Lipinski definition) is 0. The molecule has 4 rings (SSSR count). The van der Waals surface area contributed by atoms with Crippen LogP contribution in [0.2, 0.25) is 0 Å². The van der Waals surface area contributed by atoms with Crippen molar-refractivity contribution in [1.82, 2.24) is 4.90 Å². The Labute approximate surface area is 158 Å². The van der Waals surface area contributed by atoms with Crippen molar-refractivity contribution in [3.05, 3.63) is 99.6 Å².